The monoisotopic (exact) mass is 237 g/mol. The molecule has 0 radical (unpaired) electrons. The predicted octanol–water partition coefficient (Wildman–Crippen LogP) is 2.29. The maximum Gasteiger partial charge on any atom is 0.119 e. The van der Waals surface area contributed by atoms with Crippen LogP contribution in [-0.2, 0) is 6.42 Å². The van der Waals surface area contributed by atoms with Crippen LogP contribution in [0, 0.1) is 0 Å². The van der Waals surface area contributed by atoms with E-state index in [1.54, 1.807) is 0 Å². The molecule has 0 aliphatic carbocycles. The number of aryl methyl sites for hydroxylation is 1. The zero-order valence-electron chi connectivity index (χ0n) is 11.0. The highest BCUT2D eigenvalue weighted by Crippen LogP contribution is 2.25. The first-order valence-corrected chi connectivity index (χ1v) is 6.30. The van der Waals surface area contributed by atoms with E-state index < -0.39 is 0 Å². The van der Waals surface area contributed by atoms with E-state index in [1.165, 1.54) is 11.1 Å². The van der Waals surface area contributed by atoms with Crippen LogP contribution in [0.1, 0.15) is 37.4 Å². The van der Waals surface area contributed by atoms with Crippen molar-refractivity contribution in [2.75, 3.05) is 20.3 Å². The highest BCUT2D eigenvalue weighted by atomic mass is 16.5. The Balaban J connectivity index is 2.97. The van der Waals surface area contributed by atoms with E-state index in [1.807, 2.05) is 20.0 Å². The molecular formula is C14H23NO2. The molecule has 0 fully saturated rings. The third-order valence-corrected chi connectivity index (χ3v) is 2.95. The molecule has 0 spiro atoms. The average Bonchev–Trinajstić information content (AvgIpc) is 2.36. The number of hydrogen-bond donors (Lipinski definition) is 2. The van der Waals surface area contributed by atoms with E-state index in [2.05, 4.69) is 24.4 Å². The van der Waals surface area contributed by atoms with Gasteiger partial charge in [0.05, 0.1) is 6.61 Å². The average molecular weight is 237 g/mol. The second-order valence-electron chi connectivity index (χ2n) is 4.00. The Labute approximate surface area is 104 Å². The highest BCUT2D eigenvalue weighted by Gasteiger charge is 2.12. The molecule has 1 rings (SSSR count). The quantitative estimate of drug-likeness (QED) is 0.764. The molecule has 0 amide bonds. The lowest BCUT2D eigenvalue weighted by Crippen LogP contribution is -2.19. The van der Waals surface area contributed by atoms with Gasteiger partial charge in [-0.2, -0.15) is 0 Å². The van der Waals surface area contributed by atoms with Gasteiger partial charge in [0.15, 0.2) is 0 Å². The van der Waals surface area contributed by atoms with Gasteiger partial charge in [0.25, 0.3) is 0 Å². The Morgan fingerprint density at radius 1 is 1.35 bits per heavy atom. The van der Waals surface area contributed by atoms with Crippen LogP contribution in [0.3, 0.4) is 0 Å². The number of aliphatic hydroxyl groups is 1. The summed E-state index contributed by atoms with van der Waals surface area (Å²) in [6.07, 6.45) is 1.71. The van der Waals surface area contributed by atoms with Crippen molar-refractivity contribution in [1.29, 1.82) is 0 Å². The summed E-state index contributed by atoms with van der Waals surface area (Å²) in [5, 5.41) is 12.3. The summed E-state index contributed by atoms with van der Waals surface area (Å²) >= 11 is 0. The predicted molar refractivity (Wildman–Crippen MR) is 70.5 cm³/mol. The van der Waals surface area contributed by atoms with Gasteiger partial charge in [0.1, 0.15) is 5.75 Å². The van der Waals surface area contributed by atoms with Crippen LogP contribution in [0.5, 0.6) is 5.75 Å². The van der Waals surface area contributed by atoms with Crippen molar-refractivity contribution in [1.82, 2.24) is 5.32 Å². The molecule has 2 N–H and O–H groups in total. The first kappa shape index (κ1) is 14.0. The van der Waals surface area contributed by atoms with Gasteiger partial charge in [-0.25, -0.2) is 0 Å². The minimum atomic E-state index is 0.196. The first-order chi connectivity index (χ1) is 8.26. The molecule has 1 unspecified atom stereocenters. The molecule has 0 aliphatic rings. The molecule has 0 aromatic heterocycles. The topological polar surface area (TPSA) is 41.5 Å². The Morgan fingerprint density at radius 3 is 2.65 bits per heavy atom. The maximum absolute atomic E-state index is 9.07. The van der Waals surface area contributed by atoms with E-state index in [0.29, 0.717) is 6.61 Å². The van der Waals surface area contributed by atoms with Gasteiger partial charge < -0.3 is 15.2 Å². The van der Waals surface area contributed by atoms with Crippen LogP contribution in [0.2, 0.25) is 0 Å². The molecule has 3 heteroatoms. The molecule has 0 heterocycles. The molecule has 1 aromatic rings. The Hall–Kier alpha value is -1.06. The van der Waals surface area contributed by atoms with Crippen LogP contribution in [0.15, 0.2) is 18.2 Å². The summed E-state index contributed by atoms with van der Waals surface area (Å²) in [5.41, 5.74) is 2.54. The van der Waals surface area contributed by atoms with Crippen molar-refractivity contribution < 1.29 is 9.84 Å². The van der Waals surface area contributed by atoms with Gasteiger partial charge in [-0.05, 0) is 50.1 Å². The molecule has 96 valence electrons. The van der Waals surface area contributed by atoms with Gasteiger partial charge in [-0.3, -0.25) is 0 Å². The molecule has 1 atom stereocenters. The number of aliphatic hydroxyl groups excluding tert-OH is 1. The molecule has 17 heavy (non-hydrogen) atoms. The van der Waals surface area contributed by atoms with E-state index in [0.717, 1.165) is 18.6 Å². The van der Waals surface area contributed by atoms with Gasteiger partial charge in [-0.1, -0.05) is 13.0 Å². The Kier molecular flexibility index (Phi) is 6.01. The van der Waals surface area contributed by atoms with Crippen LogP contribution >= 0.6 is 0 Å². The molecule has 0 bridgehead atoms. The van der Waals surface area contributed by atoms with Crippen molar-refractivity contribution in [3.8, 4) is 5.75 Å². The normalized spacial score (nSPS) is 12.5. The number of nitrogens with one attached hydrogen (secondary N) is 1. The van der Waals surface area contributed by atoms with Crippen molar-refractivity contribution in [3.63, 3.8) is 0 Å². The second-order valence-corrected chi connectivity index (χ2v) is 4.00. The van der Waals surface area contributed by atoms with Crippen molar-refractivity contribution in [2.24, 2.45) is 0 Å². The third kappa shape index (κ3) is 3.72. The van der Waals surface area contributed by atoms with E-state index in [4.69, 9.17) is 9.84 Å². The summed E-state index contributed by atoms with van der Waals surface area (Å²) in [4.78, 5) is 0. The second kappa shape index (κ2) is 7.30. The minimum Gasteiger partial charge on any atom is -0.494 e. The van der Waals surface area contributed by atoms with Gasteiger partial charge in [0, 0.05) is 12.6 Å². The zero-order chi connectivity index (χ0) is 12.7. The van der Waals surface area contributed by atoms with Crippen LogP contribution < -0.4 is 10.1 Å². The smallest absolute Gasteiger partial charge is 0.119 e. The fourth-order valence-corrected chi connectivity index (χ4v) is 2.07. The van der Waals surface area contributed by atoms with Crippen molar-refractivity contribution >= 4 is 0 Å². The van der Waals surface area contributed by atoms with Gasteiger partial charge in [-0.15, -0.1) is 0 Å². The maximum atomic E-state index is 9.07. The SMILES string of the molecule is CCOc1ccc(C(CCO)NC)c(CC)c1. The van der Waals surface area contributed by atoms with Gasteiger partial charge in [0.2, 0.25) is 0 Å². The van der Waals surface area contributed by atoms with Crippen molar-refractivity contribution in [3.05, 3.63) is 29.3 Å². The minimum absolute atomic E-state index is 0.196. The summed E-state index contributed by atoms with van der Waals surface area (Å²) < 4.78 is 5.51. The lowest BCUT2D eigenvalue weighted by atomic mass is 9.96. The molecule has 0 saturated carbocycles. The van der Waals surface area contributed by atoms with Crippen LogP contribution in [0.25, 0.3) is 0 Å². The molecule has 0 aliphatic heterocycles. The Bertz CT molecular complexity index is 339. The molecule has 0 saturated heterocycles. The van der Waals surface area contributed by atoms with E-state index in [9.17, 15) is 0 Å². The fraction of sp³-hybridized carbons (Fsp3) is 0.571. The van der Waals surface area contributed by atoms with E-state index in [-0.39, 0.29) is 12.6 Å². The molecule has 3 nitrogen and oxygen atoms in total. The zero-order valence-corrected chi connectivity index (χ0v) is 11.0. The molecule has 1 aromatic carbocycles. The van der Waals surface area contributed by atoms with E-state index >= 15 is 0 Å². The number of benzene rings is 1. The van der Waals surface area contributed by atoms with Crippen LogP contribution in [-0.4, -0.2) is 25.4 Å². The summed E-state index contributed by atoms with van der Waals surface area (Å²) in [7, 11) is 1.93. The standard InChI is InChI=1S/C14H23NO2/c1-4-11-10-12(17-5-2)6-7-13(11)14(15-3)8-9-16/h6-7,10,14-16H,4-5,8-9H2,1-3H3. The summed E-state index contributed by atoms with van der Waals surface area (Å²) in [6, 6.07) is 6.41. The third-order valence-electron chi connectivity index (χ3n) is 2.95. The Morgan fingerprint density at radius 2 is 2.12 bits per heavy atom. The van der Waals surface area contributed by atoms with Crippen LogP contribution in [0.4, 0.5) is 0 Å². The lowest BCUT2D eigenvalue weighted by Gasteiger charge is -2.19. The largest absolute Gasteiger partial charge is 0.494 e. The number of ether oxygens (including phenoxy) is 1. The van der Waals surface area contributed by atoms with Gasteiger partial charge >= 0.3 is 0 Å². The van der Waals surface area contributed by atoms with Crippen molar-refractivity contribution in [2.45, 2.75) is 32.7 Å². The first-order valence-electron chi connectivity index (χ1n) is 6.30. The fourth-order valence-electron chi connectivity index (χ4n) is 2.07. The number of rotatable bonds is 7. The summed E-state index contributed by atoms with van der Waals surface area (Å²) in [6.45, 7) is 5.01. The summed E-state index contributed by atoms with van der Waals surface area (Å²) in [5.74, 6) is 0.923. The number of hydrogen-bond acceptors (Lipinski definition) is 3. The highest BCUT2D eigenvalue weighted by molar-refractivity contribution is 5.37. The molecular weight excluding hydrogens is 214 g/mol. The lowest BCUT2D eigenvalue weighted by molar-refractivity contribution is 0.268.